The third kappa shape index (κ3) is 1.70. The molecule has 0 saturated carbocycles. The lowest BCUT2D eigenvalue weighted by atomic mass is 9.87. The molecule has 0 amide bonds. The van der Waals surface area contributed by atoms with Crippen LogP contribution in [-0.4, -0.2) is 28.6 Å². The number of carbonyl (C=O) groups is 2. The molecule has 0 saturated heterocycles. The highest BCUT2D eigenvalue weighted by molar-refractivity contribution is 5.94. The SMILES string of the molecule is CCC(=O)C1(O)C=CC(=O)OC1CC. The smallest absolute Gasteiger partial charge is 0.330 e. The molecule has 4 nitrogen and oxygen atoms in total. The molecule has 14 heavy (non-hydrogen) atoms. The van der Waals surface area contributed by atoms with Crippen LogP contribution in [0.3, 0.4) is 0 Å². The first-order valence-electron chi connectivity index (χ1n) is 4.70. The second-order valence-electron chi connectivity index (χ2n) is 3.27. The first kappa shape index (κ1) is 10.9. The Morgan fingerprint density at radius 1 is 1.64 bits per heavy atom. The van der Waals surface area contributed by atoms with E-state index in [0.717, 1.165) is 6.08 Å². The lowest BCUT2D eigenvalue weighted by Gasteiger charge is -2.33. The van der Waals surface area contributed by atoms with Gasteiger partial charge in [0.2, 0.25) is 0 Å². The Balaban J connectivity index is 2.99. The van der Waals surface area contributed by atoms with Crippen molar-refractivity contribution < 1.29 is 19.4 Å². The van der Waals surface area contributed by atoms with Crippen LogP contribution in [0.1, 0.15) is 26.7 Å². The minimum Gasteiger partial charge on any atom is -0.455 e. The molecule has 1 N–H and O–H groups in total. The molecule has 2 unspecified atom stereocenters. The molecule has 1 rings (SSSR count). The van der Waals surface area contributed by atoms with Crippen LogP contribution in [0.15, 0.2) is 12.2 Å². The van der Waals surface area contributed by atoms with Crippen molar-refractivity contribution in [2.24, 2.45) is 0 Å². The van der Waals surface area contributed by atoms with E-state index in [4.69, 9.17) is 4.74 Å². The van der Waals surface area contributed by atoms with Gasteiger partial charge in [-0.3, -0.25) is 4.79 Å². The number of Topliss-reactive ketones (excluding diaryl/α,β-unsaturated/α-hetero) is 1. The van der Waals surface area contributed by atoms with E-state index in [2.05, 4.69) is 0 Å². The minimum atomic E-state index is -1.63. The highest BCUT2D eigenvalue weighted by Crippen LogP contribution is 2.25. The standard InChI is InChI=1S/C10H14O4/c1-3-7(11)10(13)6-5-9(12)14-8(10)4-2/h5-6,8,13H,3-4H2,1-2H3. The normalized spacial score (nSPS) is 31.4. The lowest BCUT2D eigenvalue weighted by Crippen LogP contribution is -2.51. The van der Waals surface area contributed by atoms with Gasteiger partial charge < -0.3 is 9.84 Å². The summed E-state index contributed by atoms with van der Waals surface area (Å²) in [5, 5.41) is 10.0. The molecule has 1 aliphatic heterocycles. The fraction of sp³-hybridized carbons (Fsp3) is 0.600. The van der Waals surface area contributed by atoms with Crippen LogP contribution in [0.4, 0.5) is 0 Å². The van der Waals surface area contributed by atoms with Crippen molar-refractivity contribution in [3.05, 3.63) is 12.2 Å². The molecular weight excluding hydrogens is 184 g/mol. The molecule has 0 aromatic rings. The summed E-state index contributed by atoms with van der Waals surface area (Å²) >= 11 is 0. The Morgan fingerprint density at radius 2 is 2.29 bits per heavy atom. The monoisotopic (exact) mass is 198 g/mol. The molecule has 0 spiro atoms. The molecule has 0 aliphatic carbocycles. The molecule has 0 bridgehead atoms. The van der Waals surface area contributed by atoms with Gasteiger partial charge in [0.15, 0.2) is 11.4 Å². The van der Waals surface area contributed by atoms with Crippen LogP contribution < -0.4 is 0 Å². The molecule has 2 atom stereocenters. The average Bonchev–Trinajstić information content (AvgIpc) is 2.20. The number of ketones is 1. The van der Waals surface area contributed by atoms with Gasteiger partial charge in [-0.25, -0.2) is 4.79 Å². The van der Waals surface area contributed by atoms with Crippen molar-refractivity contribution >= 4 is 11.8 Å². The Morgan fingerprint density at radius 3 is 2.79 bits per heavy atom. The Kier molecular flexibility index (Phi) is 3.06. The second kappa shape index (κ2) is 3.92. The maximum atomic E-state index is 11.5. The maximum absolute atomic E-state index is 11.5. The number of aliphatic hydroxyl groups is 1. The number of cyclic esters (lactones) is 1. The zero-order chi connectivity index (χ0) is 10.8. The quantitative estimate of drug-likeness (QED) is 0.674. The van der Waals surface area contributed by atoms with E-state index in [1.54, 1.807) is 13.8 Å². The number of hydrogen-bond acceptors (Lipinski definition) is 4. The predicted octanol–water partition coefficient (Wildman–Crippen LogP) is 0.588. The first-order valence-corrected chi connectivity index (χ1v) is 4.70. The number of rotatable bonds is 3. The van der Waals surface area contributed by atoms with E-state index in [1.807, 2.05) is 0 Å². The Labute approximate surface area is 82.6 Å². The minimum absolute atomic E-state index is 0.217. The van der Waals surface area contributed by atoms with Gasteiger partial charge in [0.05, 0.1) is 0 Å². The average molecular weight is 198 g/mol. The van der Waals surface area contributed by atoms with E-state index in [1.165, 1.54) is 6.08 Å². The summed E-state index contributed by atoms with van der Waals surface area (Å²) in [6.07, 6.45) is 2.21. The van der Waals surface area contributed by atoms with E-state index in [9.17, 15) is 14.7 Å². The summed E-state index contributed by atoms with van der Waals surface area (Å²) < 4.78 is 4.88. The Bertz CT molecular complexity index is 282. The van der Waals surface area contributed by atoms with Gasteiger partial charge in [0, 0.05) is 12.5 Å². The topological polar surface area (TPSA) is 63.6 Å². The van der Waals surface area contributed by atoms with Crippen LogP contribution in [0.5, 0.6) is 0 Å². The highest BCUT2D eigenvalue weighted by atomic mass is 16.6. The third-order valence-corrected chi connectivity index (χ3v) is 2.36. The van der Waals surface area contributed by atoms with Crippen LogP contribution >= 0.6 is 0 Å². The molecule has 0 aromatic carbocycles. The van der Waals surface area contributed by atoms with E-state index >= 15 is 0 Å². The Hall–Kier alpha value is -1.16. The van der Waals surface area contributed by atoms with Crippen molar-refractivity contribution in [3.8, 4) is 0 Å². The van der Waals surface area contributed by atoms with Gasteiger partial charge in [-0.05, 0) is 12.5 Å². The number of ether oxygens (including phenoxy) is 1. The summed E-state index contributed by atoms with van der Waals surface area (Å²) in [5.74, 6) is -0.835. The van der Waals surface area contributed by atoms with Gasteiger partial charge >= 0.3 is 5.97 Å². The summed E-state index contributed by atoms with van der Waals surface area (Å²) in [7, 11) is 0. The summed E-state index contributed by atoms with van der Waals surface area (Å²) in [6, 6.07) is 0. The molecule has 0 fully saturated rings. The van der Waals surface area contributed by atoms with Crippen molar-refractivity contribution in [1.82, 2.24) is 0 Å². The van der Waals surface area contributed by atoms with Gasteiger partial charge in [-0.1, -0.05) is 13.8 Å². The number of hydrogen-bond donors (Lipinski definition) is 1. The van der Waals surface area contributed by atoms with Crippen LogP contribution in [0.25, 0.3) is 0 Å². The van der Waals surface area contributed by atoms with Gasteiger partial charge in [-0.2, -0.15) is 0 Å². The molecule has 0 radical (unpaired) electrons. The van der Waals surface area contributed by atoms with Gasteiger partial charge in [-0.15, -0.1) is 0 Å². The molecule has 1 aliphatic rings. The molecule has 78 valence electrons. The van der Waals surface area contributed by atoms with Crippen molar-refractivity contribution in [3.63, 3.8) is 0 Å². The second-order valence-corrected chi connectivity index (χ2v) is 3.27. The molecular formula is C10H14O4. The van der Waals surface area contributed by atoms with Crippen LogP contribution in [0.2, 0.25) is 0 Å². The number of esters is 1. The predicted molar refractivity (Wildman–Crippen MR) is 49.6 cm³/mol. The summed E-state index contributed by atoms with van der Waals surface area (Å²) in [4.78, 5) is 22.4. The van der Waals surface area contributed by atoms with E-state index in [-0.39, 0.29) is 12.2 Å². The zero-order valence-corrected chi connectivity index (χ0v) is 8.32. The largest absolute Gasteiger partial charge is 0.455 e. The zero-order valence-electron chi connectivity index (χ0n) is 8.32. The lowest BCUT2D eigenvalue weighted by molar-refractivity contribution is -0.165. The van der Waals surface area contributed by atoms with Gasteiger partial charge in [0.25, 0.3) is 0 Å². The van der Waals surface area contributed by atoms with Crippen molar-refractivity contribution in [1.29, 1.82) is 0 Å². The van der Waals surface area contributed by atoms with E-state index < -0.39 is 17.7 Å². The first-order chi connectivity index (χ1) is 6.54. The summed E-state index contributed by atoms with van der Waals surface area (Å²) in [6.45, 7) is 3.42. The van der Waals surface area contributed by atoms with Crippen molar-refractivity contribution in [2.45, 2.75) is 38.4 Å². The van der Waals surface area contributed by atoms with Crippen LogP contribution in [-0.2, 0) is 14.3 Å². The molecule has 4 heteroatoms. The van der Waals surface area contributed by atoms with E-state index in [0.29, 0.717) is 6.42 Å². The number of carbonyl (C=O) groups excluding carboxylic acids is 2. The fourth-order valence-corrected chi connectivity index (χ4v) is 1.52. The third-order valence-electron chi connectivity index (χ3n) is 2.36. The summed E-state index contributed by atoms with van der Waals surface area (Å²) in [5.41, 5.74) is -1.63. The highest BCUT2D eigenvalue weighted by Gasteiger charge is 2.44. The van der Waals surface area contributed by atoms with Gasteiger partial charge in [0.1, 0.15) is 6.10 Å². The fourth-order valence-electron chi connectivity index (χ4n) is 1.52. The molecule has 0 aromatic heterocycles. The molecule has 1 heterocycles. The van der Waals surface area contributed by atoms with Crippen LogP contribution in [0, 0.1) is 0 Å². The van der Waals surface area contributed by atoms with Crippen molar-refractivity contribution in [2.75, 3.05) is 0 Å². The maximum Gasteiger partial charge on any atom is 0.330 e.